The van der Waals surface area contributed by atoms with Crippen LogP contribution in [0.4, 0.5) is 0 Å². The molecule has 3 aliphatic rings. The summed E-state index contributed by atoms with van der Waals surface area (Å²) in [5, 5.41) is 0. The van der Waals surface area contributed by atoms with Gasteiger partial charge in [-0.25, -0.2) is 4.98 Å². The first-order valence-electron chi connectivity index (χ1n) is 15.5. The molecule has 6 heteroatoms. The standard InChI is InChI=1S/C35H42N4O2/c1-24-21-31(25(2)41-24)34(40)37-18-15-35(16-19-37,27-9-5-4-6-10-27)17-20-38-28-13-14-29(38)23-30(22-28)39-26(3)36-32-11-7-8-12-33(32)39/h4-12,21,28-30H,13-20,22-23H2,1-3H3/t28-,29+,30?. The van der Waals surface area contributed by atoms with E-state index in [1.54, 1.807) is 0 Å². The first-order valence-corrected chi connectivity index (χ1v) is 15.5. The number of nitrogens with zero attached hydrogens (tertiary/aromatic N) is 4. The van der Waals surface area contributed by atoms with Gasteiger partial charge < -0.3 is 13.9 Å². The zero-order valence-electron chi connectivity index (χ0n) is 24.7. The third-order valence-electron chi connectivity index (χ3n) is 10.5. The van der Waals surface area contributed by atoms with Crippen LogP contribution in [0.1, 0.15) is 84.3 Å². The number of furan rings is 1. The van der Waals surface area contributed by atoms with Crippen molar-refractivity contribution in [3.63, 3.8) is 0 Å². The molecule has 0 radical (unpaired) electrons. The van der Waals surface area contributed by atoms with Crippen molar-refractivity contribution < 1.29 is 9.21 Å². The van der Waals surface area contributed by atoms with Crippen molar-refractivity contribution in [1.82, 2.24) is 19.4 Å². The second-order valence-electron chi connectivity index (χ2n) is 12.8. The zero-order chi connectivity index (χ0) is 28.1. The van der Waals surface area contributed by atoms with E-state index in [2.05, 4.69) is 71.0 Å². The molecule has 4 aromatic rings. The number of hydrogen-bond acceptors (Lipinski definition) is 4. The number of aromatic nitrogens is 2. The van der Waals surface area contributed by atoms with Gasteiger partial charge in [-0.1, -0.05) is 42.5 Å². The smallest absolute Gasteiger partial charge is 0.257 e. The molecule has 3 aliphatic heterocycles. The van der Waals surface area contributed by atoms with E-state index in [9.17, 15) is 4.79 Å². The molecular weight excluding hydrogens is 508 g/mol. The van der Waals surface area contributed by atoms with Gasteiger partial charge in [0, 0.05) is 31.2 Å². The largest absolute Gasteiger partial charge is 0.466 e. The van der Waals surface area contributed by atoms with Gasteiger partial charge >= 0.3 is 0 Å². The van der Waals surface area contributed by atoms with Crippen LogP contribution in [0.15, 0.2) is 65.1 Å². The number of carbonyl (C=O) groups is 1. The van der Waals surface area contributed by atoms with Crippen LogP contribution in [0.5, 0.6) is 0 Å². The van der Waals surface area contributed by atoms with Crippen LogP contribution in [-0.2, 0) is 5.41 Å². The molecule has 0 saturated carbocycles. The Balaban J connectivity index is 1.07. The summed E-state index contributed by atoms with van der Waals surface area (Å²) in [7, 11) is 0. The number of amides is 1. The van der Waals surface area contributed by atoms with E-state index in [1.165, 1.54) is 36.8 Å². The molecule has 6 nitrogen and oxygen atoms in total. The second kappa shape index (κ2) is 10.5. The fourth-order valence-corrected chi connectivity index (χ4v) is 8.42. The molecule has 1 unspecified atom stereocenters. The molecule has 5 heterocycles. The summed E-state index contributed by atoms with van der Waals surface area (Å²) in [6.45, 7) is 8.69. The maximum Gasteiger partial charge on any atom is 0.257 e. The van der Waals surface area contributed by atoms with Gasteiger partial charge in [0.2, 0.25) is 0 Å². The second-order valence-corrected chi connectivity index (χ2v) is 12.8. The molecule has 2 bridgehead atoms. The van der Waals surface area contributed by atoms with Crippen LogP contribution in [-0.4, -0.2) is 57.0 Å². The molecule has 0 spiro atoms. The predicted molar refractivity (Wildman–Crippen MR) is 162 cm³/mol. The van der Waals surface area contributed by atoms with E-state index in [1.807, 2.05) is 24.8 Å². The van der Waals surface area contributed by atoms with Crippen LogP contribution in [0.2, 0.25) is 0 Å². The van der Waals surface area contributed by atoms with Crippen molar-refractivity contribution in [2.45, 2.75) is 89.3 Å². The molecule has 2 aromatic carbocycles. The lowest BCUT2D eigenvalue weighted by molar-refractivity contribution is 0.0605. The predicted octanol–water partition coefficient (Wildman–Crippen LogP) is 6.99. The lowest BCUT2D eigenvalue weighted by Gasteiger charge is -2.45. The normalized spacial score (nSPS) is 24.3. The maximum atomic E-state index is 13.4. The number of likely N-dealkylation sites (tertiary alicyclic amines) is 1. The molecule has 7 rings (SSSR count). The van der Waals surface area contributed by atoms with Gasteiger partial charge in [-0.05, 0) is 101 Å². The summed E-state index contributed by atoms with van der Waals surface area (Å²) >= 11 is 0. The third kappa shape index (κ3) is 4.70. The molecule has 214 valence electrons. The molecule has 1 amide bonds. The number of hydrogen-bond donors (Lipinski definition) is 0. The van der Waals surface area contributed by atoms with E-state index >= 15 is 0 Å². The minimum atomic E-state index is 0.104. The van der Waals surface area contributed by atoms with Gasteiger partial charge in [0.15, 0.2) is 0 Å². The lowest BCUT2D eigenvalue weighted by atomic mass is 9.70. The van der Waals surface area contributed by atoms with Gasteiger partial charge in [0.05, 0.1) is 16.6 Å². The van der Waals surface area contributed by atoms with E-state index < -0.39 is 0 Å². The van der Waals surface area contributed by atoms with Crippen LogP contribution in [0.3, 0.4) is 0 Å². The number of rotatable bonds is 6. The fraction of sp³-hybridized carbons (Fsp3) is 0.486. The molecular formula is C35H42N4O2. The third-order valence-corrected chi connectivity index (χ3v) is 10.5. The Morgan fingerprint density at radius 2 is 1.61 bits per heavy atom. The SMILES string of the molecule is Cc1cc(C(=O)N2CCC(CCN3[C@@H]4CC[C@H]3CC(n3c(C)nc5ccccc53)C4)(c3ccccc3)CC2)c(C)o1. The summed E-state index contributed by atoms with van der Waals surface area (Å²) < 4.78 is 8.20. The minimum Gasteiger partial charge on any atom is -0.466 e. The highest BCUT2D eigenvalue weighted by atomic mass is 16.3. The van der Waals surface area contributed by atoms with Gasteiger partial charge in [0.1, 0.15) is 17.3 Å². The minimum absolute atomic E-state index is 0.104. The highest BCUT2D eigenvalue weighted by Gasteiger charge is 2.44. The Morgan fingerprint density at radius 3 is 2.29 bits per heavy atom. The Labute approximate surface area is 243 Å². The first kappa shape index (κ1) is 26.5. The van der Waals surface area contributed by atoms with Crippen molar-refractivity contribution in [2.24, 2.45) is 0 Å². The molecule has 0 aliphatic carbocycles. The highest BCUT2D eigenvalue weighted by Crippen LogP contribution is 2.45. The average Bonchev–Trinajstić information content (AvgIpc) is 3.59. The van der Waals surface area contributed by atoms with Gasteiger partial charge in [-0.3, -0.25) is 9.69 Å². The van der Waals surface area contributed by atoms with Gasteiger partial charge in [-0.2, -0.15) is 0 Å². The number of benzene rings is 2. The number of fused-ring (bicyclic) bond motifs is 3. The number of para-hydroxylation sites is 2. The Kier molecular flexibility index (Phi) is 6.77. The number of imidazole rings is 1. The first-order chi connectivity index (χ1) is 19.9. The monoisotopic (exact) mass is 550 g/mol. The van der Waals surface area contributed by atoms with Crippen molar-refractivity contribution in [3.05, 3.63) is 89.1 Å². The van der Waals surface area contributed by atoms with Crippen LogP contribution < -0.4 is 0 Å². The van der Waals surface area contributed by atoms with Gasteiger partial charge in [-0.15, -0.1) is 0 Å². The average molecular weight is 551 g/mol. The van der Waals surface area contributed by atoms with Crippen LogP contribution >= 0.6 is 0 Å². The van der Waals surface area contributed by atoms with Crippen molar-refractivity contribution in [1.29, 1.82) is 0 Å². The highest BCUT2D eigenvalue weighted by molar-refractivity contribution is 5.95. The summed E-state index contributed by atoms with van der Waals surface area (Å²) in [6, 6.07) is 23.4. The van der Waals surface area contributed by atoms with Crippen molar-refractivity contribution in [2.75, 3.05) is 19.6 Å². The Hall–Kier alpha value is -3.38. The van der Waals surface area contributed by atoms with Crippen LogP contribution in [0, 0.1) is 20.8 Å². The van der Waals surface area contributed by atoms with Crippen LogP contribution in [0.25, 0.3) is 11.0 Å². The quantitative estimate of drug-likeness (QED) is 0.260. The summed E-state index contributed by atoms with van der Waals surface area (Å²) in [5.74, 6) is 2.79. The molecule has 3 atom stereocenters. The molecule has 3 saturated heterocycles. The van der Waals surface area contributed by atoms with E-state index in [4.69, 9.17) is 9.40 Å². The van der Waals surface area contributed by atoms with E-state index in [-0.39, 0.29) is 11.3 Å². The van der Waals surface area contributed by atoms with Crippen molar-refractivity contribution >= 4 is 16.9 Å². The number of aryl methyl sites for hydroxylation is 3. The van der Waals surface area contributed by atoms with Gasteiger partial charge in [0.25, 0.3) is 5.91 Å². The molecule has 41 heavy (non-hydrogen) atoms. The number of carbonyl (C=O) groups excluding carboxylic acids is 1. The zero-order valence-corrected chi connectivity index (χ0v) is 24.7. The van der Waals surface area contributed by atoms with E-state index in [0.29, 0.717) is 18.1 Å². The number of piperidine rings is 2. The Morgan fingerprint density at radius 1 is 0.927 bits per heavy atom. The maximum absolute atomic E-state index is 13.4. The molecule has 3 fully saturated rings. The summed E-state index contributed by atoms with van der Waals surface area (Å²) in [5.41, 5.74) is 4.66. The van der Waals surface area contributed by atoms with E-state index in [0.717, 1.165) is 67.3 Å². The molecule has 0 N–H and O–H groups in total. The fourth-order valence-electron chi connectivity index (χ4n) is 8.42. The molecule has 2 aromatic heterocycles. The Bertz CT molecular complexity index is 1530. The van der Waals surface area contributed by atoms with Crippen molar-refractivity contribution in [3.8, 4) is 0 Å². The summed E-state index contributed by atoms with van der Waals surface area (Å²) in [4.78, 5) is 23.1. The topological polar surface area (TPSA) is 54.5 Å². The summed E-state index contributed by atoms with van der Waals surface area (Å²) in [6.07, 6.45) is 8.18. The lowest BCUT2D eigenvalue weighted by Crippen LogP contribution is -2.49.